The fourth-order valence-corrected chi connectivity index (χ4v) is 5.63. The smallest absolute Gasteiger partial charge is 0.217 e. The molecule has 3 aromatic carbocycles. The lowest BCUT2D eigenvalue weighted by molar-refractivity contribution is -0.253. The Balaban J connectivity index is 1.37. The van der Waals surface area contributed by atoms with Crippen molar-refractivity contribution in [3.63, 3.8) is 0 Å². The van der Waals surface area contributed by atoms with Crippen LogP contribution in [0.1, 0.15) is 60.8 Å². The fourth-order valence-electron chi connectivity index (χ4n) is 5.63. The van der Waals surface area contributed by atoms with Gasteiger partial charge >= 0.3 is 0 Å². The van der Waals surface area contributed by atoms with E-state index in [1.807, 2.05) is 42.5 Å². The maximum absolute atomic E-state index is 11.5. The van der Waals surface area contributed by atoms with Crippen LogP contribution in [0.3, 0.4) is 0 Å². The Morgan fingerprint density at radius 2 is 1.72 bits per heavy atom. The van der Waals surface area contributed by atoms with Gasteiger partial charge in [-0.25, -0.2) is 0 Å². The summed E-state index contributed by atoms with van der Waals surface area (Å²) in [6.07, 6.45) is 2.11. The first-order valence-corrected chi connectivity index (χ1v) is 13.8. The monoisotopic (exact) mass is 530 g/mol. The molecule has 0 unspecified atom stereocenters. The van der Waals surface area contributed by atoms with Crippen LogP contribution in [0.2, 0.25) is 0 Å². The van der Waals surface area contributed by atoms with Gasteiger partial charge in [0.15, 0.2) is 6.29 Å². The van der Waals surface area contributed by atoms with Crippen LogP contribution in [-0.2, 0) is 27.4 Å². The number of aliphatic hydroxyl groups is 2. The quantitative estimate of drug-likeness (QED) is 0.378. The second-order valence-corrected chi connectivity index (χ2v) is 10.5. The van der Waals surface area contributed by atoms with E-state index in [4.69, 9.17) is 9.47 Å². The maximum Gasteiger partial charge on any atom is 0.217 e. The Bertz CT molecular complexity index is 1230. The first-order valence-electron chi connectivity index (χ1n) is 13.8. The van der Waals surface area contributed by atoms with Gasteiger partial charge in [-0.15, -0.1) is 0 Å². The van der Waals surface area contributed by atoms with Crippen LogP contribution in [-0.4, -0.2) is 52.9 Å². The number of likely N-dealkylation sites (tertiary alicyclic amines) is 1. The zero-order chi connectivity index (χ0) is 27.2. The van der Waals surface area contributed by atoms with Gasteiger partial charge in [0, 0.05) is 38.0 Å². The van der Waals surface area contributed by atoms with Crippen LogP contribution in [0.15, 0.2) is 72.8 Å². The minimum atomic E-state index is -0.523. The van der Waals surface area contributed by atoms with Crippen molar-refractivity contribution in [3.05, 3.63) is 95.1 Å². The number of rotatable bonds is 9. The number of hydrogen-bond acceptors (Lipinski definition) is 6. The third kappa shape index (κ3) is 6.75. The summed E-state index contributed by atoms with van der Waals surface area (Å²) in [7, 11) is 0. The van der Waals surface area contributed by atoms with Gasteiger partial charge in [-0.1, -0.05) is 72.8 Å². The van der Waals surface area contributed by atoms with E-state index in [1.54, 1.807) is 0 Å². The lowest BCUT2D eigenvalue weighted by atomic mass is 9.97. The Morgan fingerprint density at radius 3 is 2.44 bits per heavy atom. The van der Waals surface area contributed by atoms with E-state index in [0.29, 0.717) is 6.54 Å². The van der Waals surface area contributed by atoms with E-state index in [2.05, 4.69) is 40.5 Å². The van der Waals surface area contributed by atoms with Crippen LogP contribution in [0.25, 0.3) is 11.1 Å². The lowest BCUT2D eigenvalue weighted by Gasteiger charge is -2.38. The van der Waals surface area contributed by atoms with Gasteiger partial charge in [0.25, 0.3) is 0 Å². The molecule has 2 fully saturated rings. The molecule has 0 bridgehead atoms. The molecule has 0 spiro atoms. The van der Waals surface area contributed by atoms with Crippen molar-refractivity contribution >= 4 is 5.91 Å². The molecule has 0 radical (unpaired) electrons. The molecule has 2 aliphatic rings. The molecular weight excluding hydrogens is 492 g/mol. The van der Waals surface area contributed by atoms with E-state index >= 15 is 0 Å². The maximum atomic E-state index is 11.5. The summed E-state index contributed by atoms with van der Waals surface area (Å²) in [5.41, 5.74) is 6.07. The highest BCUT2D eigenvalue weighted by Gasteiger charge is 2.35. The van der Waals surface area contributed by atoms with Gasteiger partial charge in [-0.3, -0.25) is 9.69 Å². The van der Waals surface area contributed by atoms with Crippen molar-refractivity contribution in [2.75, 3.05) is 19.7 Å². The summed E-state index contributed by atoms with van der Waals surface area (Å²) in [5, 5.41) is 22.2. The zero-order valence-electron chi connectivity index (χ0n) is 22.5. The van der Waals surface area contributed by atoms with Crippen molar-refractivity contribution in [2.45, 2.75) is 63.9 Å². The molecule has 2 heterocycles. The van der Waals surface area contributed by atoms with Gasteiger partial charge in [-0.05, 0) is 47.2 Å². The molecule has 7 heteroatoms. The topological polar surface area (TPSA) is 91.3 Å². The van der Waals surface area contributed by atoms with Crippen molar-refractivity contribution in [1.82, 2.24) is 10.2 Å². The molecule has 0 aliphatic carbocycles. The number of nitrogens with zero attached hydrogens (tertiary/aromatic N) is 1. The first kappa shape index (κ1) is 27.5. The van der Waals surface area contributed by atoms with Crippen LogP contribution < -0.4 is 5.32 Å². The van der Waals surface area contributed by atoms with Crippen LogP contribution in [0.4, 0.5) is 0 Å². The molecule has 3 N–H and O–H groups in total. The summed E-state index contributed by atoms with van der Waals surface area (Å²) in [5.74, 6) is -0.0545. The van der Waals surface area contributed by atoms with E-state index in [0.717, 1.165) is 65.7 Å². The normalized spacial score (nSPS) is 23.6. The van der Waals surface area contributed by atoms with E-state index < -0.39 is 6.29 Å². The highest BCUT2D eigenvalue weighted by atomic mass is 16.7. The molecular formula is C32H38N2O5. The Morgan fingerprint density at radius 1 is 0.974 bits per heavy atom. The number of amides is 1. The SMILES string of the molecule is CC(=O)NCc1ccccc1-c1ccc([C@H]2O[C@@H](CN3CCC[C@H]3CO)C[C@@H](c3ccc(CO)cc3)O2)cc1. The number of aliphatic hydroxyl groups excluding tert-OH is 2. The summed E-state index contributed by atoms with van der Waals surface area (Å²) in [6, 6.07) is 24.4. The number of nitrogens with one attached hydrogen (secondary N) is 1. The molecule has 0 saturated carbocycles. The second-order valence-electron chi connectivity index (χ2n) is 10.5. The molecule has 5 rings (SSSR count). The largest absolute Gasteiger partial charge is 0.395 e. The van der Waals surface area contributed by atoms with E-state index in [9.17, 15) is 15.0 Å². The van der Waals surface area contributed by atoms with E-state index in [-0.39, 0.29) is 37.4 Å². The van der Waals surface area contributed by atoms with Crippen LogP contribution >= 0.6 is 0 Å². The van der Waals surface area contributed by atoms with Crippen molar-refractivity contribution in [3.8, 4) is 11.1 Å². The number of ether oxygens (including phenoxy) is 2. The summed E-state index contributed by atoms with van der Waals surface area (Å²) >= 11 is 0. The van der Waals surface area contributed by atoms with Gasteiger partial charge in [0.1, 0.15) is 0 Å². The minimum Gasteiger partial charge on any atom is -0.395 e. The second kappa shape index (κ2) is 12.9. The van der Waals surface area contributed by atoms with Crippen LogP contribution in [0, 0.1) is 0 Å². The fraction of sp³-hybridized carbons (Fsp3) is 0.406. The minimum absolute atomic E-state index is 0.0119. The molecule has 7 nitrogen and oxygen atoms in total. The highest BCUT2D eigenvalue weighted by molar-refractivity contribution is 5.74. The molecule has 3 aromatic rings. The number of carbonyl (C=O) groups is 1. The Hall–Kier alpha value is -3.07. The summed E-state index contributed by atoms with van der Waals surface area (Å²) in [6.45, 7) is 3.91. The summed E-state index contributed by atoms with van der Waals surface area (Å²) < 4.78 is 13.0. The molecule has 0 aromatic heterocycles. The number of carbonyl (C=O) groups excluding carboxylic acids is 1. The average molecular weight is 531 g/mol. The Kier molecular flexibility index (Phi) is 9.06. The number of hydrogen-bond donors (Lipinski definition) is 3. The Labute approximate surface area is 230 Å². The predicted molar refractivity (Wildman–Crippen MR) is 150 cm³/mol. The predicted octanol–water partition coefficient (Wildman–Crippen LogP) is 4.48. The number of benzene rings is 3. The van der Waals surface area contributed by atoms with Crippen molar-refractivity contribution in [1.29, 1.82) is 0 Å². The van der Waals surface area contributed by atoms with Gasteiger partial charge < -0.3 is 25.0 Å². The van der Waals surface area contributed by atoms with E-state index in [1.165, 1.54) is 6.92 Å². The third-order valence-electron chi connectivity index (χ3n) is 7.80. The molecule has 2 aliphatic heterocycles. The van der Waals surface area contributed by atoms with Gasteiger partial charge in [0.05, 0.1) is 25.4 Å². The third-order valence-corrected chi connectivity index (χ3v) is 7.80. The van der Waals surface area contributed by atoms with Crippen LogP contribution in [0.5, 0.6) is 0 Å². The molecule has 39 heavy (non-hydrogen) atoms. The molecule has 2 saturated heterocycles. The average Bonchev–Trinajstić information content (AvgIpc) is 3.43. The highest BCUT2D eigenvalue weighted by Crippen LogP contribution is 2.39. The van der Waals surface area contributed by atoms with Crippen molar-refractivity contribution in [2.24, 2.45) is 0 Å². The molecule has 1 amide bonds. The van der Waals surface area contributed by atoms with Crippen molar-refractivity contribution < 1.29 is 24.5 Å². The van der Waals surface area contributed by atoms with Gasteiger partial charge in [-0.2, -0.15) is 0 Å². The first-order chi connectivity index (χ1) is 19.0. The zero-order valence-corrected chi connectivity index (χ0v) is 22.5. The lowest BCUT2D eigenvalue weighted by Crippen LogP contribution is -2.42. The molecule has 4 atom stereocenters. The standard InChI is InChI=1S/C32H38N2O5/c1-22(37)33-18-27-5-2-3-7-30(27)24-12-14-26(15-13-24)32-38-29(19-34-16-4-6-28(34)21-36)17-31(39-32)25-10-8-23(20-35)9-11-25/h2-3,5,7-15,28-29,31-32,35-36H,4,6,16-21H2,1H3,(H,33,37)/t28-,29+,31-,32-/m0/s1. The molecule has 206 valence electrons. The van der Waals surface area contributed by atoms with Gasteiger partial charge in [0.2, 0.25) is 5.91 Å². The summed E-state index contributed by atoms with van der Waals surface area (Å²) in [4.78, 5) is 13.8.